The Kier molecular flexibility index (Phi) is 5.71. The lowest BCUT2D eigenvalue weighted by Crippen LogP contribution is -2.41. The van der Waals surface area contributed by atoms with Gasteiger partial charge in [0.05, 0.1) is 7.11 Å². The predicted molar refractivity (Wildman–Crippen MR) is 71.5 cm³/mol. The zero-order chi connectivity index (χ0) is 13.5. The van der Waals surface area contributed by atoms with Gasteiger partial charge in [0, 0.05) is 18.2 Å². The number of amides is 1. The average Bonchev–Trinajstić information content (AvgIpc) is 2.36. The molecule has 0 saturated heterocycles. The molecule has 1 N–H and O–H groups in total. The van der Waals surface area contributed by atoms with E-state index in [1.165, 1.54) is 14.0 Å². The van der Waals surface area contributed by atoms with Gasteiger partial charge >= 0.3 is 5.97 Å². The number of thioether (sulfide) groups is 1. The Hall–Kier alpha value is -1.49. The van der Waals surface area contributed by atoms with Crippen LogP contribution in [0.15, 0.2) is 29.2 Å². The van der Waals surface area contributed by atoms with Crippen molar-refractivity contribution in [3.8, 4) is 0 Å². The number of methoxy groups -OCH3 is 1. The van der Waals surface area contributed by atoms with Crippen LogP contribution in [0.4, 0.5) is 0 Å². The maximum absolute atomic E-state index is 11.6. The molecule has 4 nitrogen and oxygen atoms in total. The van der Waals surface area contributed by atoms with E-state index in [4.69, 9.17) is 0 Å². The van der Waals surface area contributed by atoms with Gasteiger partial charge in [-0.3, -0.25) is 4.79 Å². The van der Waals surface area contributed by atoms with Crippen LogP contribution in [-0.4, -0.2) is 31.3 Å². The molecule has 0 aromatic heterocycles. The molecule has 0 aliphatic rings. The Morgan fingerprint density at radius 1 is 1.44 bits per heavy atom. The molecule has 0 radical (unpaired) electrons. The van der Waals surface area contributed by atoms with E-state index < -0.39 is 12.0 Å². The first kappa shape index (κ1) is 14.6. The normalized spacial score (nSPS) is 11.7. The third kappa shape index (κ3) is 4.41. The standard InChI is InChI=1S/C13H17NO3S/c1-9(15)14-12(13(16)17-2)8-10-5-4-6-11(7-10)18-3/h4-7,12H,8H2,1-3H3,(H,14,15)/t12-/m0/s1. The van der Waals surface area contributed by atoms with Crippen molar-refractivity contribution in [2.24, 2.45) is 0 Å². The Morgan fingerprint density at radius 3 is 2.72 bits per heavy atom. The highest BCUT2D eigenvalue weighted by molar-refractivity contribution is 7.98. The molecule has 0 heterocycles. The zero-order valence-electron chi connectivity index (χ0n) is 10.7. The van der Waals surface area contributed by atoms with Crippen LogP contribution in [0.3, 0.4) is 0 Å². The molecule has 0 aliphatic carbocycles. The molecule has 18 heavy (non-hydrogen) atoms. The minimum atomic E-state index is -0.635. The lowest BCUT2D eigenvalue weighted by atomic mass is 10.1. The van der Waals surface area contributed by atoms with Crippen LogP contribution in [0, 0.1) is 0 Å². The van der Waals surface area contributed by atoms with Gasteiger partial charge in [0.2, 0.25) is 5.91 Å². The van der Waals surface area contributed by atoms with Crippen molar-refractivity contribution in [2.45, 2.75) is 24.3 Å². The first-order valence-electron chi connectivity index (χ1n) is 5.54. The van der Waals surface area contributed by atoms with Crippen LogP contribution < -0.4 is 5.32 Å². The van der Waals surface area contributed by atoms with Crippen LogP contribution in [0.25, 0.3) is 0 Å². The molecule has 0 fully saturated rings. The third-order valence-electron chi connectivity index (χ3n) is 2.44. The van der Waals surface area contributed by atoms with E-state index in [1.54, 1.807) is 11.8 Å². The molecule has 98 valence electrons. The summed E-state index contributed by atoms with van der Waals surface area (Å²) in [7, 11) is 1.31. The second kappa shape index (κ2) is 7.06. The van der Waals surface area contributed by atoms with Crippen LogP contribution >= 0.6 is 11.8 Å². The highest BCUT2D eigenvalue weighted by Gasteiger charge is 2.20. The molecule has 1 amide bonds. The van der Waals surface area contributed by atoms with Gasteiger partial charge in [-0.15, -0.1) is 11.8 Å². The van der Waals surface area contributed by atoms with Crippen molar-refractivity contribution in [1.82, 2.24) is 5.32 Å². The van der Waals surface area contributed by atoms with Crippen LogP contribution in [0.5, 0.6) is 0 Å². The number of hydrogen-bond donors (Lipinski definition) is 1. The van der Waals surface area contributed by atoms with Crippen LogP contribution in [0.2, 0.25) is 0 Å². The molecule has 0 saturated carbocycles. The Morgan fingerprint density at radius 2 is 2.17 bits per heavy atom. The highest BCUT2D eigenvalue weighted by atomic mass is 32.2. The second-order valence-electron chi connectivity index (χ2n) is 3.83. The topological polar surface area (TPSA) is 55.4 Å². The van der Waals surface area contributed by atoms with Gasteiger partial charge in [0.25, 0.3) is 0 Å². The Bertz CT molecular complexity index is 434. The average molecular weight is 267 g/mol. The van der Waals surface area contributed by atoms with E-state index in [-0.39, 0.29) is 5.91 Å². The summed E-state index contributed by atoms with van der Waals surface area (Å²) in [5, 5.41) is 2.60. The van der Waals surface area contributed by atoms with Crippen molar-refractivity contribution >= 4 is 23.6 Å². The highest BCUT2D eigenvalue weighted by Crippen LogP contribution is 2.17. The molecule has 0 aliphatic heterocycles. The summed E-state index contributed by atoms with van der Waals surface area (Å²) in [5.74, 6) is -0.675. The minimum Gasteiger partial charge on any atom is -0.467 e. The van der Waals surface area contributed by atoms with Gasteiger partial charge < -0.3 is 10.1 Å². The SMILES string of the molecule is COC(=O)[C@H](Cc1cccc(SC)c1)NC(C)=O. The summed E-state index contributed by atoms with van der Waals surface area (Å²) in [6, 6.07) is 7.23. The van der Waals surface area contributed by atoms with E-state index in [1.807, 2.05) is 30.5 Å². The lowest BCUT2D eigenvalue weighted by molar-refractivity contribution is -0.144. The van der Waals surface area contributed by atoms with Crippen molar-refractivity contribution in [1.29, 1.82) is 0 Å². The van der Waals surface area contributed by atoms with Crippen molar-refractivity contribution in [3.05, 3.63) is 29.8 Å². The van der Waals surface area contributed by atoms with Crippen molar-refractivity contribution in [3.63, 3.8) is 0 Å². The summed E-state index contributed by atoms with van der Waals surface area (Å²) in [6.45, 7) is 1.38. The maximum atomic E-state index is 11.6. The fourth-order valence-electron chi connectivity index (χ4n) is 1.62. The largest absolute Gasteiger partial charge is 0.467 e. The van der Waals surface area contributed by atoms with E-state index in [0.717, 1.165) is 10.5 Å². The molecule has 1 atom stereocenters. The fraction of sp³-hybridized carbons (Fsp3) is 0.385. The number of rotatable bonds is 5. The Labute approximate surface area is 111 Å². The monoisotopic (exact) mass is 267 g/mol. The summed E-state index contributed by atoms with van der Waals surface area (Å²) in [5.41, 5.74) is 0.992. The van der Waals surface area contributed by atoms with Gasteiger partial charge in [-0.1, -0.05) is 12.1 Å². The van der Waals surface area contributed by atoms with E-state index in [2.05, 4.69) is 10.1 Å². The van der Waals surface area contributed by atoms with Gasteiger partial charge in [-0.25, -0.2) is 4.79 Å². The number of ether oxygens (including phenoxy) is 1. The van der Waals surface area contributed by atoms with Gasteiger partial charge in [-0.05, 0) is 24.0 Å². The molecule has 0 unspecified atom stereocenters. The van der Waals surface area contributed by atoms with Gasteiger partial charge in [-0.2, -0.15) is 0 Å². The first-order chi connectivity index (χ1) is 8.56. The van der Waals surface area contributed by atoms with Crippen molar-refractivity contribution in [2.75, 3.05) is 13.4 Å². The Balaban J connectivity index is 2.81. The molecule has 1 rings (SSSR count). The van der Waals surface area contributed by atoms with Crippen LogP contribution in [0.1, 0.15) is 12.5 Å². The molecule has 1 aromatic carbocycles. The van der Waals surface area contributed by atoms with Gasteiger partial charge in [0.1, 0.15) is 6.04 Å². The molecular formula is C13H17NO3S. The molecule has 0 spiro atoms. The number of benzene rings is 1. The number of hydrogen-bond acceptors (Lipinski definition) is 4. The number of esters is 1. The van der Waals surface area contributed by atoms with Crippen LogP contribution in [-0.2, 0) is 20.7 Å². The molecule has 0 bridgehead atoms. The molecule has 1 aromatic rings. The summed E-state index contributed by atoms with van der Waals surface area (Å²) in [6.07, 6.45) is 2.42. The number of carbonyl (C=O) groups is 2. The zero-order valence-corrected chi connectivity index (χ0v) is 11.5. The van der Waals surface area contributed by atoms with E-state index >= 15 is 0 Å². The van der Waals surface area contributed by atoms with Crippen molar-refractivity contribution < 1.29 is 14.3 Å². The molecule has 5 heteroatoms. The lowest BCUT2D eigenvalue weighted by Gasteiger charge is -2.15. The summed E-state index contributed by atoms with van der Waals surface area (Å²) < 4.78 is 4.68. The quantitative estimate of drug-likeness (QED) is 0.651. The summed E-state index contributed by atoms with van der Waals surface area (Å²) in [4.78, 5) is 23.8. The van der Waals surface area contributed by atoms with E-state index in [0.29, 0.717) is 6.42 Å². The van der Waals surface area contributed by atoms with Gasteiger partial charge in [0.15, 0.2) is 0 Å². The molecular weight excluding hydrogens is 250 g/mol. The smallest absolute Gasteiger partial charge is 0.328 e. The number of nitrogens with one attached hydrogen (secondary N) is 1. The fourth-order valence-corrected chi connectivity index (χ4v) is 2.10. The summed E-state index contributed by atoms with van der Waals surface area (Å²) >= 11 is 1.63. The van der Waals surface area contributed by atoms with E-state index in [9.17, 15) is 9.59 Å². The maximum Gasteiger partial charge on any atom is 0.328 e. The number of carbonyl (C=O) groups excluding carboxylic acids is 2. The second-order valence-corrected chi connectivity index (χ2v) is 4.71. The minimum absolute atomic E-state index is 0.244. The predicted octanol–water partition coefficient (Wildman–Crippen LogP) is 1.63. The third-order valence-corrected chi connectivity index (χ3v) is 3.16. The first-order valence-corrected chi connectivity index (χ1v) is 6.77.